The second kappa shape index (κ2) is 9.75. The molecule has 1 saturated heterocycles. The van der Waals surface area contributed by atoms with Crippen molar-refractivity contribution in [3.05, 3.63) is 71.3 Å². The number of rotatable bonds is 7. The van der Waals surface area contributed by atoms with Gasteiger partial charge in [0.05, 0.1) is 13.1 Å². The van der Waals surface area contributed by atoms with Crippen LogP contribution in [0.5, 0.6) is 0 Å². The first kappa shape index (κ1) is 20.4. The summed E-state index contributed by atoms with van der Waals surface area (Å²) in [6.45, 7) is 5.29. The van der Waals surface area contributed by atoms with E-state index in [1.165, 1.54) is 11.6 Å². The first-order valence-electron chi connectivity index (χ1n) is 9.96. The van der Waals surface area contributed by atoms with Crippen LogP contribution in [-0.4, -0.2) is 31.6 Å². The summed E-state index contributed by atoms with van der Waals surface area (Å²) in [5.41, 5.74) is 2.02. The molecule has 6 heteroatoms. The van der Waals surface area contributed by atoms with Crippen molar-refractivity contribution in [1.82, 2.24) is 5.32 Å². The summed E-state index contributed by atoms with van der Waals surface area (Å²) in [6.07, 6.45) is 1.96. The first-order valence-corrected chi connectivity index (χ1v) is 9.96. The smallest absolute Gasteiger partial charge is 0.275 e. The molecule has 1 aliphatic heterocycles. The number of likely N-dealkylation sites (tertiary alicyclic amines) is 1. The molecule has 0 aromatic heterocycles. The van der Waals surface area contributed by atoms with Gasteiger partial charge in [0.1, 0.15) is 12.6 Å². The maximum atomic E-state index is 13.3. The van der Waals surface area contributed by atoms with Crippen molar-refractivity contribution in [2.75, 3.05) is 19.6 Å². The van der Waals surface area contributed by atoms with Crippen molar-refractivity contribution < 1.29 is 23.8 Å². The standard InChI is InChI=1S/C22H27F2N3O/c1-16(18-7-8-20(23)21(24)13-18)25-14-22(28)26-19-9-11-27(12-10-19)15-17-5-3-2-4-6-17/h2-8,13,16,19,25H,9-12,14-15H2,1H3,(H,26,28)/p+2/t16-/m0/s1. The van der Waals surface area contributed by atoms with Crippen LogP contribution >= 0.6 is 0 Å². The Labute approximate surface area is 164 Å². The van der Waals surface area contributed by atoms with Crippen LogP contribution in [0.3, 0.4) is 0 Å². The maximum Gasteiger partial charge on any atom is 0.275 e. The lowest BCUT2D eigenvalue weighted by molar-refractivity contribution is -0.918. The van der Waals surface area contributed by atoms with Gasteiger partial charge in [0.25, 0.3) is 5.91 Å². The molecule has 0 unspecified atom stereocenters. The highest BCUT2D eigenvalue weighted by Crippen LogP contribution is 2.13. The zero-order valence-corrected chi connectivity index (χ0v) is 16.3. The van der Waals surface area contributed by atoms with Crippen LogP contribution in [-0.2, 0) is 11.3 Å². The Morgan fingerprint density at radius 3 is 2.54 bits per heavy atom. The van der Waals surface area contributed by atoms with Gasteiger partial charge >= 0.3 is 0 Å². The molecule has 1 fully saturated rings. The van der Waals surface area contributed by atoms with Crippen molar-refractivity contribution in [2.45, 2.75) is 38.4 Å². The van der Waals surface area contributed by atoms with Crippen LogP contribution in [0.1, 0.15) is 36.9 Å². The number of hydrogen-bond donors (Lipinski definition) is 3. The van der Waals surface area contributed by atoms with Gasteiger partial charge in [-0.15, -0.1) is 0 Å². The molecule has 0 aliphatic carbocycles. The van der Waals surface area contributed by atoms with Crippen LogP contribution < -0.4 is 15.5 Å². The van der Waals surface area contributed by atoms with Crippen molar-refractivity contribution in [3.63, 3.8) is 0 Å². The van der Waals surface area contributed by atoms with Gasteiger partial charge in [-0.3, -0.25) is 4.79 Å². The monoisotopic (exact) mass is 389 g/mol. The Bertz CT molecular complexity index is 777. The number of piperidine rings is 1. The predicted molar refractivity (Wildman–Crippen MR) is 104 cm³/mol. The lowest BCUT2D eigenvalue weighted by atomic mass is 10.0. The quantitative estimate of drug-likeness (QED) is 0.649. The molecule has 1 heterocycles. The van der Waals surface area contributed by atoms with Crippen LogP contribution in [0.15, 0.2) is 48.5 Å². The van der Waals surface area contributed by atoms with E-state index in [-0.39, 0.29) is 24.5 Å². The third kappa shape index (κ3) is 5.84. The van der Waals surface area contributed by atoms with Crippen LogP contribution in [0.4, 0.5) is 8.78 Å². The van der Waals surface area contributed by atoms with E-state index >= 15 is 0 Å². The average molecular weight is 389 g/mol. The number of nitrogens with one attached hydrogen (secondary N) is 2. The number of halogens is 2. The van der Waals surface area contributed by atoms with E-state index in [0.717, 1.165) is 38.5 Å². The third-order valence-corrected chi connectivity index (χ3v) is 5.48. The molecule has 2 aromatic rings. The summed E-state index contributed by atoms with van der Waals surface area (Å²) >= 11 is 0. The number of benzene rings is 2. The summed E-state index contributed by atoms with van der Waals surface area (Å²) in [7, 11) is 0. The number of quaternary nitrogens is 2. The molecule has 4 N–H and O–H groups in total. The summed E-state index contributed by atoms with van der Waals surface area (Å²) in [4.78, 5) is 13.8. The second-order valence-electron chi connectivity index (χ2n) is 7.66. The fourth-order valence-electron chi connectivity index (χ4n) is 3.73. The molecule has 1 amide bonds. The number of amides is 1. The largest absolute Gasteiger partial charge is 0.348 e. The van der Waals surface area contributed by atoms with Gasteiger partial charge in [-0.2, -0.15) is 0 Å². The fourth-order valence-corrected chi connectivity index (χ4v) is 3.73. The molecule has 28 heavy (non-hydrogen) atoms. The topological polar surface area (TPSA) is 50.1 Å². The Morgan fingerprint density at radius 2 is 1.86 bits per heavy atom. The summed E-state index contributed by atoms with van der Waals surface area (Å²) in [6, 6.07) is 14.5. The predicted octanol–water partition coefficient (Wildman–Crippen LogP) is 0.953. The highest BCUT2D eigenvalue weighted by atomic mass is 19.2. The molecule has 0 spiro atoms. The van der Waals surface area contributed by atoms with E-state index in [1.54, 1.807) is 11.0 Å². The lowest BCUT2D eigenvalue weighted by Gasteiger charge is -2.29. The first-order chi connectivity index (χ1) is 13.5. The highest BCUT2D eigenvalue weighted by molar-refractivity contribution is 5.77. The number of nitrogens with two attached hydrogens (primary N) is 1. The average Bonchev–Trinajstić information content (AvgIpc) is 2.70. The Morgan fingerprint density at radius 1 is 1.14 bits per heavy atom. The van der Waals surface area contributed by atoms with Crippen molar-refractivity contribution in [3.8, 4) is 0 Å². The Hall–Kier alpha value is -2.31. The molecule has 0 radical (unpaired) electrons. The summed E-state index contributed by atoms with van der Waals surface area (Å²) in [5, 5.41) is 4.96. The molecular weight excluding hydrogens is 360 g/mol. The van der Waals surface area contributed by atoms with Crippen LogP contribution in [0.25, 0.3) is 0 Å². The van der Waals surface area contributed by atoms with E-state index in [9.17, 15) is 13.6 Å². The SMILES string of the molecule is C[C@H]([NH2+]CC(=O)NC1CC[NH+](Cc2ccccc2)CC1)c1ccc(F)c(F)c1. The molecule has 1 atom stereocenters. The molecule has 1 aliphatic rings. The lowest BCUT2D eigenvalue weighted by Crippen LogP contribution is -3.12. The van der Waals surface area contributed by atoms with Gasteiger partial charge in [0, 0.05) is 30.0 Å². The van der Waals surface area contributed by atoms with Gasteiger partial charge in [0.2, 0.25) is 0 Å². The van der Waals surface area contributed by atoms with Crippen molar-refractivity contribution in [2.24, 2.45) is 0 Å². The third-order valence-electron chi connectivity index (χ3n) is 5.48. The van der Waals surface area contributed by atoms with Crippen LogP contribution in [0, 0.1) is 11.6 Å². The van der Waals surface area contributed by atoms with Gasteiger partial charge < -0.3 is 15.5 Å². The molecule has 0 saturated carbocycles. The Balaban J connectivity index is 1.38. The van der Waals surface area contributed by atoms with E-state index in [2.05, 4.69) is 29.6 Å². The normalized spacial score (nSPS) is 20.5. The molecular formula is C22H29F2N3O+2. The molecule has 2 aromatic carbocycles. The molecule has 150 valence electrons. The van der Waals surface area contributed by atoms with Crippen molar-refractivity contribution >= 4 is 5.91 Å². The zero-order chi connectivity index (χ0) is 19.9. The van der Waals surface area contributed by atoms with Gasteiger partial charge in [-0.05, 0) is 25.1 Å². The van der Waals surface area contributed by atoms with E-state index in [4.69, 9.17) is 0 Å². The highest BCUT2D eigenvalue weighted by Gasteiger charge is 2.24. The van der Waals surface area contributed by atoms with Crippen molar-refractivity contribution in [1.29, 1.82) is 0 Å². The zero-order valence-electron chi connectivity index (χ0n) is 16.3. The molecule has 0 bridgehead atoms. The van der Waals surface area contributed by atoms with E-state index < -0.39 is 11.6 Å². The number of hydrogen-bond acceptors (Lipinski definition) is 1. The summed E-state index contributed by atoms with van der Waals surface area (Å²) in [5.74, 6) is -1.72. The van der Waals surface area contributed by atoms with Gasteiger partial charge in [0.15, 0.2) is 18.2 Å². The Kier molecular flexibility index (Phi) is 7.12. The van der Waals surface area contributed by atoms with E-state index in [1.807, 2.05) is 18.3 Å². The summed E-state index contributed by atoms with van der Waals surface area (Å²) < 4.78 is 26.4. The minimum Gasteiger partial charge on any atom is -0.348 e. The van der Waals surface area contributed by atoms with E-state index in [0.29, 0.717) is 5.56 Å². The minimum atomic E-state index is -0.855. The van der Waals surface area contributed by atoms with Gasteiger partial charge in [-0.1, -0.05) is 30.3 Å². The molecule has 4 nitrogen and oxygen atoms in total. The van der Waals surface area contributed by atoms with Crippen LogP contribution in [0.2, 0.25) is 0 Å². The second-order valence-corrected chi connectivity index (χ2v) is 7.66. The number of carbonyl (C=O) groups excluding carboxylic acids is 1. The maximum absolute atomic E-state index is 13.3. The van der Waals surface area contributed by atoms with Gasteiger partial charge in [-0.25, -0.2) is 8.78 Å². The molecule has 3 rings (SSSR count). The number of carbonyl (C=O) groups is 1. The fraction of sp³-hybridized carbons (Fsp3) is 0.409. The minimum absolute atomic E-state index is 0.00839.